The molecule has 0 atom stereocenters. The van der Waals surface area contributed by atoms with Crippen LogP contribution in [0.5, 0.6) is 0 Å². The summed E-state index contributed by atoms with van der Waals surface area (Å²) in [5, 5.41) is 9.02. The highest BCUT2D eigenvalue weighted by molar-refractivity contribution is 6.09. The van der Waals surface area contributed by atoms with Crippen molar-refractivity contribution >= 4 is 17.8 Å². The van der Waals surface area contributed by atoms with Gasteiger partial charge >= 0.3 is 5.97 Å². The number of nitriles is 1. The molecule has 6 heteroatoms. The lowest BCUT2D eigenvalue weighted by Gasteiger charge is -2.26. The molecule has 3 rings (SSSR count). The standard InChI is InChI=1S/C20H16N2O4/c21-12-15-6-1-2-7-16(15)13-26-19(24)9-10-22-18(23)11-14-5-3-4-8-17(14)20(22)25/h1-8H,9-11,13H2. The zero-order valence-corrected chi connectivity index (χ0v) is 14.0. The van der Waals surface area contributed by atoms with Crippen LogP contribution in [-0.2, 0) is 27.4 Å². The van der Waals surface area contributed by atoms with Gasteiger partial charge in [-0.15, -0.1) is 0 Å². The molecule has 0 saturated heterocycles. The Morgan fingerprint density at radius 3 is 2.65 bits per heavy atom. The molecule has 1 aliphatic rings. The van der Waals surface area contributed by atoms with Gasteiger partial charge in [0.05, 0.1) is 24.5 Å². The van der Waals surface area contributed by atoms with Crippen LogP contribution in [0.25, 0.3) is 0 Å². The Morgan fingerprint density at radius 2 is 1.85 bits per heavy atom. The van der Waals surface area contributed by atoms with E-state index in [1.165, 1.54) is 0 Å². The third kappa shape index (κ3) is 3.62. The fourth-order valence-corrected chi connectivity index (χ4v) is 2.82. The number of esters is 1. The van der Waals surface area contributed by atoms with E-state index in [0.717, 1.165) is 4.90 Å². The van der Waals surface area contributed by atoms with Crippen LogP contribution in [0, 0.1) is 11.3 Å². The number of rotatable bonds is 5. The third-order valence-corrected chi connectivity index (χ3v) is 4.20. The fourth-order valence-electron chi connectivity index (χ4n) is 2.82. The number of benzene rings is 2. The Labute approximate surface area is 150 Å². The summed E-state index contributed by atoms with van der Waals surface area (Å²) < 4.78 is 5.16. The highest BCUT2D eigenvalue weighted by Gasteiger charge is 2.30. The Kier molecular flexibility index (Phi) is 5.09. The van der Waals surface area contributed by atoms with Gasteiger partial charge in [0, 0.05) is 17.7 Å². The normalized spacial score (nSPS) is 13.1. The van der Waals surface area contributed by atoms with Gasteiger partial charge in [0.25, 0.3) is 5.91 Å². The summed E-state index contributed by atoms with van der Waals surface area (Å²) in [4.78, 5) is 37.6. The van der Waals surface area contributed by atoms with Crippen molar-refractivity contribution in [3.63, 3.8) is 0 Å². The number of nitrogens with zero attached hydrogens (tertiary/aromatic N) is 2. The topological polar surface area (TPSA) is 87.5 Å². The van der Waals surface area contributed by atoms with Gasteiger partial charge < -0.3 is 4.74 Å². The van der Waals surface area contributed by atoms with E-state index in [2.05, 4.69) is 0 Å². The second kappa shape index (κ2) is 7.62. The number of fused-ring (bicyclic) bond motifs is 1. The highest BCUT2D eigenvalue weighted by atomic mass is 16.5. The molecule has 2 aromatic rings. The van der Waals surface area contributed by atoms with Crippen LogP contribution in [0.3, 0.4) is 0 Å². The first-order valence-corrected chi connectivity index (χ1v) is 8.16. The average Bonchev–Trinajstić information content (AvgIpc) is 2.66. The minimum atomic E-state index is -0.530. The fraction of sp³-hybridized carbons (Fsp3) is 0.200. The second-order valence-corrected chi connectivity index (χ2v) is 5.86. The predicted octanol–water partition coefficient (Wildman–Crippen LogP) is 2.22. The van der Waals surface area contributed by atoms with Gasteiger partial charge in [-0.25, -0.2) is 0 Å². The van der Waals surface area contributed by atoms with Crippen molar-refractivity contribution < 1.29 is 19.1 Å². The molecule has 0 spiro atoms. The molecule has 1 aliphatic heterocycles. The number of hydrogen-bond acceptors (Lipinski definition) is 5. The molecule has 26 heavy (non-hydrogen) atoms. The van der Waals surface area contributed by atoms with Gasteiger partial charge in [-0.05, 0) is 17.7 Å². The maximum Gasteiger partial charge on any atom is 0.307 e. The molecule has 0 bridgehead atoms. The molecule has 0 fully saturated rings. The minimum absolute atomic E-state index is 0.0205. The van der Waals surface area contributed by atoms with Gasteiger partial charge in [-0.1, -0.05) is 36.4 Å². The summed E-state index contributed by atoms with van der Waals surface area (Å²) in [5.41, 5.74) is 2.25. The maximum absolute atomic E-state index is 12.4. The first kappa shape index (κ1) is 17.4. The van der Waals surface area contributed by atoms with Crippen LogP contribution in [0.15, 0.2) is 48.5 Å². The molecular weight excluding hydrogens is 332 g/mol. The van der Waals surface area contributed by atoms with Crippen LogP contribution in [-0.4, -0.2) is 29.2 Å². The van der Waals surface area contributed by atoms with Gasteiger partial charge in [0.15, 0.2) is 0 Å². The van der Waals surface area contributed by atoms with Crippen LogP contribution in [0.4, 0.5) is 0 Å². The highest BCUT2D eigenvalue weighted by Crippen LogP contribution is 2.20. The maximum atomic E-state index is 12.4. The molecular formula is C20H16N2O4. The van der Waals surface area contributed by atoms with Crippen molar-refractivity contribution in [3.8, 4) is 6.07 Å². The van der Waals surface area contributed by atoms with Crippen LogP contribution < -0.4 is 0 Å². The molecule has 1 heterocycles. The zero-order valence-electron chi connectivity index (χ0n) is 14.0. The molecule has 0 unspecified atom stereocenters. The van der Waals surface area contributed by atoms with Gasteiger partial charge in [-0.2, -0.15) is 5.26 Å². The van der Waals surface area contributed by atoms with Gasteiger partial charge in [0.1, 0.15) is 6.61 Å². The number of carbonyl (C=O) groups excluding carboxylic acids is 3. The lowest BCUT2D eigenvalue weighted by atomic mass is 9.98. The number of hydrogen-bond donors (Lipinski definition) is 0. The summed E-state index contributed by atoms with van der Waals surface area (Å²) in [5.74, 6) is -1.24. The van der Waals surface area contributed by atoms with Crippen molar-refractivity contribution in [1.82, 2.24) is 4.90 Å². The zero-order chi connectivity index (χ0) is 18.5. The van der Waals surface area contributed by atoms with Crippen LogP contribution in [0.1, 0.15) is 33.5 Å². The molecule has 0 N–H and O–H groups in total. The predicted molar refractivity (Wildman–Crippen MR) is 91.8 cm³/mol. The lowest BCUT2D eigenvalue weighted by Crippen LogP contribution is -2.43. The van der Waals surface area contributed by atoms with E-state index < -0.39 is 5.97 Å². The molecule has 0 radical (unpaired) electrons. The van der Waals surface area contributed by atoms with Crippen molar-refractivity contribution in [2.45, 2.75) is 19.4 Å². The summed E-state index contributed by atoms with van der Waals surface area (Å²) >= 11 is 0. The Balaban J connectivity index is 1.57. The first-order chi connectivity index (χ1) is 12.6. The van der Waals surface area contributed by atoms with E-state index >= 15 is 0 Å². The van der Waals surface area contributed by atoms with Crippen LogP contribution >= 0.6 is 0 Å². The number of amides is 2. The van der Waals surface area contributed by atoms with Crippen molar-refractivity contribution in [3.05, 3.63) is 70.8 Å². The Hall–Kier alpha value is -3.46. The first-order valence-electron chi connectivity index (χ1n) is 8.16. The molecule has 0 saturated carbocycles. The third-order valence-electron chi connectivity index (χ3n) is 4.20. The van der Waals surface area contributed by atoms with Crippen molar-refractivity contribution in [1.29, 1.82) is 5.26 Å². The molecule has 2 amide bonds. The van der Waals surface area contributed by atoms with Gasteiger partial charge in [0.2, 0.25) is 5.91 Å². The monoisotopic (exact) mass is 348 g/mol. The van der Waals surface area contributed by atoms with Crippen LogP contribution in [0.2, 0.25) is 0 Å². The summed E-state index contributed by atoms with van der Waals surface area (Å²) in [6.45, 7) is -0.0436. The minimum Gasteiger partial charge on any atom is -0.461 e. The summed E-state index contributed by atoms with van der Waals surface area (Å²) in [6.07, 6.45) is 0.0564. The Bertz CT molecular complexity index is 914. The smallest absolute Gasteiger partial charge is 0.307 e. The second-order valence-electron chi connectivity index (χ2n) is 5.86. The molecule has 0 aliphatic carbocycles. The largest absolute Gasteiger partial charge is 0.461 e. The number of carbonyl (C=O) groups is 3. The number of ether oxygens (including phenoxy) is 1. The van der Waals surface area contributed by atoms with E-state index in [9.17, 15) is 14.4 Å². The van der Waals surface area contributed by atoms with Gasteiger partial charge in [-0.3, -0.25) is 19.3 Å². The molecule has 2 aromatic carbocycles. The molecule has 130 valence electrons. The Morgan fingerprint density at radius 1 is 1.12 bits per heavy atom. The van der Waals surface area contributed by atoms with E-state index in [1.54, 1.807) is 48.5 Å². The van der Waals surface area contributed by atoms with Crippen molar-refractivity contribution in [2.24, 2.45) is 0 Å². The van der Waals surface area contributed by atoms with E-state index in [4.69, 9.17) is 10.00 Å². The lowest BCUT2D eigenvalue weighted by molar-refractivity contribution is -0.145. The summed E-state index contributed by atoms with van der Waals surface area (Å²) in [7, 11) is 0. The molecule has 6 nitrogen and oxygen atoms in total. The average molecular weight is 348 g/mol. The quantitative estimate of drug-likeness (QED) is 0.611. The SMILES string of the molecule is N#Cc1ccccc1COC(=O)CCN1C(=O)Cc2ccccc2C1=O. The number of imide groups is 1. The van der Waals surface area contributed by atoms with E-state index in [-0.39, 0.29) is 37.8 Å². The molecule has 0 aromatic heterocycles. The summed E-state index contributed by atoms with van der Waals surface area (Å²) in [6, 6.07) is 15.8. The van der Waals surface area contributed by atoms with E-state index in [1.807, 2.05) is 6.07 Å². The van der Waals surface area contributed by atoms with Crippen molar-refractivity contribution in [2.75, 3.05) is 6.54 Å². The van der Waals surface area contributed by atoms with E-state index in [0.29, 0.717) is 22.3 Å².